The fourth-order valence-corrected chi connectivity index (χ4v) is 3.70. The quantitative estimate of drug-likeness (QED) is 0.852. The Balaban J connectivity index is 2.22. The fourth-order valence-electron chi connectivity index (χ4n) is 2.54. The maximum Gasteiger partial charge on any atom is 0.232 e. The Kier molecular flexibility index (Phi) is 5.39. The van der Waals surface area contributed by atoms with Crippen LogP contribution in [0.5, 0.6) is 0 Å². The van der Waals surface area contributed by atoms with Gasteiger partial charge in [0, 0.05) is 23.5 Å². The molecule has 0 radical (unpaired) electrons. The van der Waals surface area contributed by atoms with Crippen LogP contribution in [0.2, 0.25) is 10.0 Å². The fraction of sp³-hybridized carbons (Fsp3) is 0.429. The second kappa shape index (κ2) is 6.89. The van der Waals surface area contributed by atoms with Crippen molar-refractivity contribution in [3.05, 3.63) is 33.3 Å². The summed E-state index contributed by atoms with van der Waals surface area (Å²) in [6.07, 6.45) is -0.301. The van der Waals surface area contributed by atoms with Crippen molar-refractivity contribution >= 4 is 40.9 Å². The van der Waals surface area contributed by atoms with Crippen LogP contribution in [0.4, 0.5) is 0 Å². The smallest absolute Gasteiger partial charge is 0.232 e. The van der Waals surface area contributed by atoms with Crippen LogP contribution in [-0.4, -0.2) is 40.6 Å². The first kappa shape index (κ1) is 16.4. The van der Waals surface area contributed by atoms with Gasteiger partial charge in [-0.1, -0.05) is 23.2 Å². The first-order valence-corrected chi connectivity index (χ1v) is 8.23. The third-order valence-electron chi connectivity index (χ3n) is 3.49. The predicted molar refractivity (Wildman–Crippen MR) is 84.6 cm³/mol. The summed E-state index contributed by atoms with van der Waals surface area (Å²) >= 11 is 13.4. The number of hydrogen-bond donors (Lipinski definition) is 1. The molecule has 0 saturated heterocycles. The molecule has 0 unspecified atom stereocenters. The molecule has 0 spiro atoms. The lowest BCUT2D eigenvalue weighted by Gasteiger charge is -2.28. The van der Waals surface area contributed by atoms with Crippen LogP contribution in [-0.2, 0) is 11.2 Å². The highest BCUT2D eigenvalue weighted by Gasteiger charge is 2.37. The van der Waals surface area contributed by atoms with Gasteiger partial charge in [0.15, 0.2) is 0 Å². The van der Waals surface area contributed by atoms with Gasteiger partial charge in [-0.25, -0.2) is 0 Å². The van der Waals surface area contributed by atoms with Crippen molar-refractivity contribution in [3.8, 4) is 6.07 Å². The van der Waals surface area contributed by atoms with E-state index in [2.05, 4.69) is 0 Å². The van der Waals surface area contributed by atoms with E-state index in [0.717, 1.165) is 11.1 Å². The van der Waals surface area contributed by atoms with Crippen molar-refractivity contribution in [1.29, 1.82) is 5.26 Å². The molecule has 1 aliphatic carbocycles. The van der Waals surface area contributed by atoms with Gasteiger partial charge in [-0.2, -0.15) is 5.26 Å². The number of likely N-dealkylation sites (N-methyl/N-ethyl adjacent to an activating group) is 1. The SMILES string of the molecule is CN(C(=O)CSCC#N)[C@@H]1c2cc(Cl)cc(Cl)c2C[C@H]1O. The molecule has 0 saturated carbocycles. The molecule has 112 valence electrons. The van der Waals surface area contributed by atoms with Crippen LogP contribution in [0.25, 0.3) is 0 Å². The first-order valence-electron chi connectivity index (χ1n) is 6.32. The Labute approximate surface area is 137 Å². The summed E-state index contributed by atoms with van der Waals surface area (Å²) in [7, 11) is 1.65. The molecule has 0 aliphatic heterocycles. The molecule has 1 amide bonds. The van der Waals surface area contributed by atoms with Gasteiger partial charge in [0.05, 0.1) is 29.7 Å². The van der Waals surface area contributed by atoms with E-state index in [0.29, 0.717) is 16.5 Å². The molecule has 1 aromatic rings. The molecule has 0 heterocycles. The third-order valence-corrected chi connectivity index (χ3v) is 4.83. The predicted octanol–water partition coefficient (Wildman–Crippen LogP) is 2.67. The Morgan fingerprint density at radius 2 is 2.29 bits per heavy atom. The average molecular weight is 345 g/mol. The van der Waals surface area contributed by atoms with Crippen molar-refractivity contribution in [2.45, 2.75) is 18.6 Å². The number of benzene rings is 1. The van der Waals surface area contributed by atoms with Gasteiger partial charge in [-0.15, -0.1) is 11.8 Å². The molecule has 0 aromatic heterocycles. The molecule has 1 aromatic carbocycles. The second-order valence-electron chi connectivity index (χ2n) is 4.83. The number of nitrogens with zero attached hydrogens (tertiary/aromatic N) is 2. The molecule has 1 N–H and O–H groups in total. The number of nitriles is 1. The molecule has 7 heteroatoms. The third kappa shape index (κ3) is 3.46. The summed E-state index contributed by atoms with van der Waals surface area (Å²) < 4.78 is 0. The zero-order valence-corrected chi connectivity index (χ0v) is 13.7. The van der Waals surface area contributed by atoms with E-state index in [1.54, 1.807) is 19.2 Å². The van der Waals surface area contributed by atoms with E-state index in [9.17, 15) is 9.90 Å². The number of halogens is 2. The highest BCUT2D eigenvalue weighted by Crippen LogP contribution is 2.40. The molecule has 4 nitrogen and oxygen atoms in total. The number of hydrogen-bond acceptors (Lipinski definition) is 4. The Morgan fingerprint density at radius 3 is 2.95 bits per heavy atom. The van der Waals surface area contributed by atoms with E-state index in [-0.39, 0.29) is 17.4 Å². The van der Waals surface area contributed by atoms with Crippen LogP contribution >= 0.6 is 35.0 Å². The lowest BCUT2D eigenvalue weighted by Crippen LogP contribution is -2.37. The normalized spacial score (nSPS) is 20.0. The Morgan fingerprint density at radius 1 is 1.57 bits per heavy atom. The van der Waals surface area contributed by atoms with Crippen LogP contribution in [0.3, 0.4) is 0 Å². The number of carbonyl (C=O) groups excluding carboxylic acids is 1. The molecule has 0 bridgehead atoms. The van der Waals surface area contributed by atoms with E-state index >= 15 is 0 Å². The van der Waals surface area contributed by atoms with Crippen LogP contribution in [0.1, 0.15) is 17.2 Å². The van der Waals surface area contributed by atoms with Gasteiger partial charge in [-0.05, 0) is 23.3 Å². The number of amides is 1. The minimum atomic E-state index is -0.703. The van der Waals surface area contributed by atoms with Gasteiger partial charge in [0.25, 0.3) is 0 Å². The summed E-state index contributed by atoms with van der Waals surface area (Å²) in [4.78, 5) is 13.7. The van der Waals surface area contributed by atoms with Crippen LogP contribution in [0.15, 0.2) is 12.1 Å². The van der Waals surface area contributed by atoms with Crippen LogP contribution < -0.4 is 0 Å². The summed E-state index contributed by atoms with van der Waals surface area (Å²) in [5, 5.41) is 19.8. The molecule has 2 atom stereocenters. The van der Waals surface area contributed by atoms with Crippen molar-refractivity contribution in [2.75, 3.05) is 18.6 Å². The first-order chi connectivity index (χ1) is 9.95. The van der Waals surface area contributed by atoms with Crippen molar-refractivity contribution < 1.29 is 9.90 Å². The van der Waals surface area contributed by atoms with Gasteiger partial charge in [-0.3, -0.25) is 4.79 Å². The summed E-state index contributed by atoms with van der Waals surface area (Å²) in [6, 6.07) is 4.91. The maximum absolute atomic E-state index is 12.1. The standard InChI is InChI=1S/C14H14Cl2N2O2S/c1-18(13(20)7-21-3-2-17)14-10-4-8(15)5-11(16)9(10)6-12(14)19/h4-5,12,14,19H,3,6-7H2,1H3/t12-,14-/m1/s1. The Bertz CT molecular complexity index is 603. The van der Waals surface area contributed by atoms with E-state index in [1.165, 1.54) is 16.7 Å². The Hall–Kier alpha value is -0.930. The van der Waals surface area contributed by atoms with E-state index in [4.69, 9.17) is 28.5 Å². The van der Waals surface area contributed by atoms with Gasteiger partial charge in [0.1, 0.15) is 0 Å². The summed E-state index contributed by atoms with van der Waals surface area (Å²) in [5.74, 6) is 0.334. The number of thioether (sulfide) groups is 1. The number of rotatable bonds is 4. The molecule has 1 aliphatic rings. The zero-order chi connectivity index (χ0) is 15.6. The van der Waals surface area contributed by atoms with Gasteiger partial charge >= 0.3 is 0 Å². The lowest BCUT2D eigenvalue weighted by atomic mass is 10.1. The van der Waals surface area contributed by atoms with Crippen LogP contribution in [0, 0.1) is 11.3 Å². The molecule has 21 heavy (non-hydrogen) atoms. The molecular formula is C14H14Cl2N2O2S. The zero-order valence-electron chi connectivity index (χ0n) is 11.3. The topological polar surface area (TPSA) is 64.3 Å². The van der Waals surface area contributed by atoms with Crippen molar-refractivity contribution in [3.63, 3.8) is 0 Å². The molecule has 0 fully saturated rings. The van der Waals surface area contributed by atoms with E-state index in [1.807, 2.05) is 6.07 Å². The van der Waals surface area contributed by atoms with Crippen molar-refractivity contribution in [2.24, 2.45) is 0 Å². The number of aliphatic hydroxyl groups excluding tert-OH is 1. The second-order valence-corrected chi connectivity index (χ2v) is 6.66. The largest absolute Gasteiger partial charge is 0.390 e. The van der Waals surface area contributed by atoms with E-state index < -0.39 is 12.1 Å². The van der Waals surface area contributed by atoms with Gasteiger partial charge < -0.3 is 10.0 Å². The molecular weight excluding hydrogens is 331 g/mol. The summed E-state index contributed by atoms with van der Waals surface area (Å²) in [5.41, 5.74) is 1.63. The number of carbonyl (C=O) groups is 1. The minimum absolute atomic E-state index is 0.136. The maximum atomic E-state index is 12.1. The lowest BCUT2D eigenvalue weighted by molar-refractivity contribution is -0.131. The monoisotopic (exact) mass is 344 g/mol. The average Bonchev–Trinajstić information content (AvgIpc) is 2.74. The minimum Gasteiger partial charge on any atom is -0.390 e. The van der Waals surface area contributed by atoms with Crippen molar-refractivity contribution in [1.82, 2.24) is 4.90 Å². The highest BCUT2D eigenvalue weighted by molar-refractivity contribution is 8.00. The molecule has 2 rings (SSSR count). The number of aliphatic hydroxyl groups is 1. The summed E-state index contributed by atoms with van der Waals surface area (Å²) in [6.45, 7) is 0. The highest BCUT2D eigenvalue weighted by atomic mass is 35.5. The van der Waals surface area contributed by atoms with Gasteiger partial charge in [0.2, 0.25) is 5.91 Å². The number of fused-ring (bicyclic) bond motifs is 1.